The lowest BCUT2D eigenvalue weighted by Gasteiger charge is -2.16. The second-order valence-corrected chi connectivity index (χ2v) is 7.96. The topological polar surface area (TPSA) is 98.1 Å². The van der Waals surface area contributed by atoms with Crippen molar-refractivity contribution in [1.29, 1.82) is 0 Å². The summed E-state index contributed by atoms with van der Waals surface area (Å²) in [5, 5.41) is 8.43. The van der Waals surface area contributed by atoms with Gasteiger partial charge >= 0.3 is 12.3 Å². The molecule has 36 heavy (non-hydrogen) atoms. The second-order valence-electron chi connectivity index (χ2n) is 7.56. The van der Waals surface area contributed by atoms with Crippen molar-refractivity contribution in [2.24, 2.45) is 0 Å². The molecule has 0 unspecified atom stereocenters. The minimum atomic E-state index is -4.60. The summed E-state index contributed by atoms with van der Waals surface area (Å²) in [5.41, 5.74) is -2.47. The molecule has 8 nitrogen and oxygen atoms in total. The maximum Gasteiger partial charge on any atom is 0.416 e. The summed E-state index contributed by atoms with van der Waals surface area (Å²) < 4.78 is 72.0. The fourth-order valence-corrected chi connectivity index (χ4v) is 3.35. The van der Waals surface area contributed by atoms with E-state index in [0.29, 0.717) is 0 Å². The van der Waals surface area contributed by atoms with Gasteiger partial charge in [-0.25, -0.2) is 23.2 Å². The standard InChI is InChI=1S/C22H19ClF5N5O3/c1-11(10-36-21(35)31-16-7-3-5-14(12(16)2)22(26,27)28)30-20(34)13-9-33(32-17(13)18(24)25)19-15(23)6-4-8-29-19/h3-9,11,18H,10H2,1-2H3,(H,30,34)(H,31,35)/t11-/m0/s1. The monoisotopic (exact) mass is 531 g/mol. The average Bonchev–Trinajstić information content (AvgIpc) is 3.24. The Labute approximate surface area is 206 Å². The predicted octanol–water partition coefficient (Wildman–Crippen LogP) is 5.55. The van der Waals surface area contributed by atoms with Gasteiger partial charge in [0.15, 0.2) is 5.82 Å². The van der Waals surface area contributed by atoms with Gasteiger partial charge in [0, 0.05) is 18.1 Å². The molecule has 2 aromatic heterocycles. The number of rotatable bonds is 7. The van der Waals surface area contributed by atoms with E-state index in [4.69, 9.17) is 16.3 Å². The first-order valence-corrected chi connectivity index (χ1v) is 10.7. The summed E-state index contributed by atoms with van der Waals surface area (Å²) in [6, 6.07) is 5.43. The van der Waals surface area contributed by atoms with Crippen molar-refractivity contribution in [1.82, 2.24) is 20.1 Å². The van der Waals surface area contributed by atoms with E-state index in [-0.39, 0.29) is 22.1 Å². The Balaban J connectivity index is 1.64. The molecule has 0 spiro atoms. The fourth-order valence-electron chi connectivity index (χ4n) is 3.15. The van der Waals surface area contributed by atoms with Crippen LogP contribution in [-0.2, 0) is 10.9 Å². The molecular formula is C22H19ClF5N5O3. The van der Waals surface area contributed by atoms with E-state index < -0.39 is 54.1 Å². The Morgan fingerprint density at radius 3 is 2.56 bits per heavy atom. The number of pyridine rings is 1. The van der Waals surface area contributed by atoms with Gasteiger partial charge in [0.05, 0.1) is 22.2 Å². The SMILES string of the molecule is Cc1c(NC(=O)OC[C@H](C)NC(=O)c2cn(-c3ncccc3Cl)nc2C(F)F)cccc1C(F)(F)F. The molecule has 0 saturated heterocycles. The van der Waals surface area contributed by atoms with Gasteiger partial charge < -0.3 is 10.1 Å². The van der Waals surface area contributed by atoms with Crippen molar-refractivity contribution in [3.05, 3.63) is 70.1 Å². The highest BCUT2D eigenvalue weighted by Gasteiger charge is 2.33. The van der Waals surface area contributed by atoms with Crippen LogP contribution in [0.15, 0.2) is 42.7 Å². The number of ether oxygens (including phenoxy) is 1. The minimum Gasteiger partial charge on any atom is -0.447 e. The van der Waals surface area contributed by atoms with Gasteiger partial charge in [-0.1, -0.05) is 17.7 Å². The summed E-state index contributed by atoms with van der Waals surface area (Å²) in [6.07, 6.45) is -6.33. The van der Waals surface area contributed by atoms with Crippen molar-refractivity contribution in [2.45, 2.75) is 32.5 Å². The second kappa shape index (κ2) is 10.9. The van der Waals surface area contributed by atoms with Gasteiger partial charge in [-0.2, -0.15) is 18.3 Å². The molecule has 0 bridgehead atoms. The van der Waals surface area contributed by atoms with Crippen LogP contribution in [0.25, 0.3) is 5.82 Å². The number of amides is 2. The van der Waals surface area contributed by atoms with Gasteiger partial charge in [-0.05, 0) is 43.7 Å². The number of alkyl halides is 5. The molecule has 2 N–H and O–H groups in total. The Kier molecular flexibility index (Phi) is 8.13. The van der Waals surface area contributed by atoms with Crippen LogP contribution in [-0.4, -0.2) is 39.4 Å². The molecule has 14 heteroatoms. The van der Waals surface area contributed by atoms with E-state index >= 15 is 0 Å². The average molecular weight is 532 g/mol. The van der Waals surface area contributed by atoms with E-state index in [1.165, 1.54) is 38.2 Å². The van der Waals surface area contributed by atoms with Crippen molar-refractivity contribution in [2.75, 3.05) is 11.9 Å². The fraction of sp³-hybridized carbons (Fsp3) is 0.273. The molecular weight excluding hydrogens is 513 g/mol. The normalized spacial score (nSPS) is 12.4. The third-order valence-electron chi connectivity index (χ3n) is 4.87. The molecule has 0 radical (unpaired) electrons. The molecule has 1 aromatic carbocycles. The summed E-state index contributed by atoms with van der Waals surface area (Å²) in [5.74, 6) is -0.883. The summed E-state index contributed by atoms with van der Waals surface area (Å²) >= 11 is 6.01. The van der Waals surface area contributed by atoms with Gasteiger partial charge in [0.25, 0.3) is 12.3 Å². The van der Waals surface area contributed by atoms with Gasteiger partial charge in [0.1, 0.15) is 12.3 Å². The van der Waals surface area contributed by atoms with Crippen LogP contribution in [0.5, 0.6) is 0 Å². The van der Waals surface area contributed by atoms with Crippen LogP contribution in [0.3, 0.4) is 0 Å². The lowest BCUT2D eigenvalue weighted by atomic mass is 10.1. The molecule has 0 fully saturated rings. The maximum absolute atomic E-state index is 13.5. The number of benzene rings is 1. The predicted molar refractivity (Wildman–Crippen MR) is 119 cm³/mol. The number of halogens is 6. The smallest absolute Gasteiger partial charge is 0.416 e. The van der Waals surface area contributed by atoms with Crippen LogP contribution < -0.4 is 10.6 Å². The lowest BCUT2D eigenvalue weighted by Crippen LogP contribution is -2.37. The highest BCUT2D eigenvalue weighted by Crippen LogP contribution is 2.34. The van der Waals surface area contributed by atoms with Crippen LogP contribution in [0.2, 0.25) is 5.02 Å². The zero-order valence-corrected chi connectivity index (χ0v) is 19.5. The number of nitrogens with zero attached hydrogens (tertiary/aromatic N) is 3. The molecule has 3 aromatic rings. The van der Waals surface area contributed by atoms with Gasteiger partial charge in [-0.15, -0.1) is 0 Å². The lowest BCUT2D eigenvalue weighted by molar-refractivity contribution is -0.138. The van der Waals surface area contributed by atoms with E-state index in [2.05, 4.69) is 20.7 Å². The van der Waals surface area contributed by atoms with Crippen LogP contribution in [0.1, 0.15) is 40.5 Å². The summed E-state index contributed by atoms with van der Waals surface area (Å²) in [7, 11) is 0. The van der Waals surface area contributed by atoms with E-state index in [0.717, 1.165) is 23.0 Å². The van der Waals surface area contributed by atoms with Crippen molar-refractivity contribution >= 4 is 29.3 Å². The highest BCUT2D eigenvalue weighted by molar-refractivity contribution is 6.32. The number of nitrogens with one attached hydrogen (secondary N) is 2. The molecule has 2 amide bonds. The van der Waals surface area contributed by atoms with Crippen molar-refractivity contribution in [3.8, 4) is 5.82 Å². The number of carbonyl (C=O) groups is 2. The Bertz CT molecular complexity index is 1270. The largest absolute Gasteiger partial charge is 0.447 e. The van der Waals surface area contributed by atoms with Crippen LogP contribution in [0, 0.1) is 6.92 Å². The Morgan fingerprint density at radius 2 is 1.92 bits per heavy atom. The quantitative estimate of drug-likeness (QED) is 0.389. The summed E-state index contributed by atoms with van der Waals surface area (Å²) in [6.45, 7) is 2.22. The zero-order chi connectivity index (χ0) is 26.6. The zero-order valence-electron chi connectivity index (χ0n) is 18.7. The van der Waals surface area contributed by atoms with Crippen molar-refractivity contribution in [3.63, 3.8) is 0 Å². The number of hydrogen-bond acceptors (Lipinski definition) is 5. The molecule has 2 heterocycles. The maximum atomic E-state index is 13.5. The Hall–Kier alpha value is -3.74. The first-order chi connectivity index (χ1) is 16.9. The highest BCUT2D eigenvalue weighted by atomic mass is 35.5. The first-order valence-electron chi connectivity index (χ1n) is 10.3. The van der Waals surface area contributed by atoms with E-state index in [1.54, 1.807) is 0 Å². The minimum absolute atomic E-state index is 0.0399. The van der Waals surface area contributed by atoms with Gasteiger partial charge in [0.2, 0.25) is 0 Å². The first kappa shape index (κ1) is 26.9. The number of hydrogen-bond donors (Lipinski definition) is 2. The van der Waals surface area contributed by atoms with E-state index in [1.807, 2.05) is 0 Å². The molecule has 0 saturated carbocycles. The number of anilines is 1. The molecule has 3 rings (SSSR count). The summed E-state index contributed by atoms with van der Waals surface area (Å²) in [4.78, 5) is 28.6. The molecule has 0 aliphatic rings. The number of carbonyl (C=O) groups excluding carboxylic acids is 2. The van der Waals surface area contributed by atoms with E-state index in [9.17, 15) is 31.5 Å². The number of aromatic nitrogens is 3. The molecule has 0 aliphatic heterocycles. The molecule has 192 valence electrons. The molecule has 1 atom stereocenters. The third-order valence-corrected chi connectivity index (χ3v) is 5.16. The van der Waals surface area contributed by atoms with Crippen LogP contribution in [0.4, 0.5) is 32.4 Å². The van der Waals surface area contributed by atoms with Crippen molar-refractivity contribution < 1.29 is 36.3 Å². The van der Waals surface area contributed by atoms with Crippen LogP contribution >= 0.6 is 11.6 Å². The Morgan fingerprint density at radius 1 is 1.19 bits per heavy atom. The van der Waals surface area contributed by atoms with Gasteiger partial charge in [-0.3, -0.25) is 10.1 Å². The molecule has 0 aliphatic carbocycles. The third kappa shape index (κ3) is 6.27.